The summed E-state index contributed by atoms with van der Waals surface area (Å²) in [6, 6.07) is 15.4. The van der Waals surface area contributed by atoms with Crippen molar-refractivity contribution in [2.45, 2.75) is 41.2 Å². The number of benzene rings is 2. The third kappa shape index (κ3) is 6.20. The van der Waals surface area contributed by atoms with Crippen molar-refractivity contribution < 1.29 is 9.53 Å². The number of aromatic nitrogens is 2. The first kappa shape index (κ1) is 21.2. The van der Waals surface area contributed by atoms with Gasteiger partial charge >= 0.3 is 5.97 Å². The summed E-state index contributed by atoms with van der Waals surface area (Å²) in [4.78, 5) is 19.1. The van der Waals surface area contributed by atoms with Crippen molar-refractivity contribution in [3.63, 3.8) is 0 Å². The second-order valence-corrected chi connectivity index (χ2v) is 5.51. The predicted molar refractivity (Wildman–Crippen MR) is 106 cm³/mol. The fourth-order valence-electron chi connectivity index (χ4n) is 2.28. The molecule has 0 aliphatic rings. The molecule has 0 fully saturated rings. The van der Waals surface area contributed by atoms with Gasteiger partial charge in [-0.05, 0) is 30.2 Å². The minimum Gasteiger partial charge on any atom is -0.457 e. The van der Waals surface area contributed by atoms with E-state index < -0.39 is 0 Å². The van der Waals surface area contributed by atoms with E-state index in [-0.39, 0.29) is 20.0 Å². The molecule has 1 heterocycles. The maximum atomic E-state index is 12.0. The highest BCUT2D eigenvalue weighted by Crippen LogP contribution is 2.11. The second-order valence-electron chi connectivity index (χ2n) is 5.51. The molecular formula is C22H28N2O2. The van der Waals surface area contributed by atoms with Gasteiger partial charge in [0.1, 0.15) is 6.61 Å². The lowest BCUT2D eigenvalue weighted by Gasteiger charge is -2.06. The SMILES string of the molecule is C.CC.Cc1ccc(C(=O)OCc2ccc(Cc3cnc[nH]3)cc2)cc1. The van der Waals surface area contributed by atoms with E-state index in [1.165, 1.54) is 5.56 Å². The summed E-state index contributed by atoms with van der Waals surface area (Å²) in [5, 5.41) is 0. The summed E-state index contributed by atoms with van der Waals surface area (Å²) in [7, 11) is 0. The Kier molecular flexibility index (Phi) is 8.85. The smallest absolute Gasteiger partial charge is 0.338 e. The molecule has 1 aromatic heterocycles. The third-order valence-electron chi connectivity index (χ3n) is 3.63. The zero-order valence-corrected chi connectivity index (χ0v) is 15.0. The van der Waals surface area contributed by atoms with E-state index in [1.807, 2.05) is 63.4 Å². The Hall–Kier alpha value is -2.88. The van der Waals surface area contributed by atoms with Crippen molar-refractivity contribution in [1.29, 1.82) is 0 Å². The molecule has 4 nitrogen and oxygen atoms in total. The first-order valence-electron chi connectivity index (χ1n) is 8.49. The van der Waals surface area contributed by atoms with Gasteiger partial charge in [-0.1, -0.05) is 63.2 Å². The van der Waals surface area contributed by atoms with E-state index in [0.717, 1.165) is 23.2 Å². The molecule has 3 rings (SSSR count). The molecule has 0 spiro atoms. The fourth-order valence-corrected chi connectivity index (χ4v) is 2.28. The number of nitrogens with zero attached hydrogens (tertiary/aromatic N) is 1. The molecule has 4 heteroatoms. The lowest BCUT2D eigenvalue weighted by molar-refractivity contribution is 0.0472. The first-order chi connectivity index (χ1) is 12.2. The van der Waals surface area contributed by atoms with Crippen LogP contribution in [0.4, 0.5) is 0 Å². The number of hydrogen-bond donors (Lipinski definition) is 1. The second kappa shape index (κ2) is 10.9. The summed E-state index contributed by atoms with van der Waals surface area (Å²) in [5.74, 6) is -0.300. The monoisotopic (exact) mass is 352 g/mol. The number of esters is 1. The Morgan fingerprint density at radius 2 is 1.62 bits per heavy atom. The minimum atomic E-state index is -0.300. The van der Waals surface area contributed by atoms with Crippen molar-refractivity contribution in [3.8, 4) is 0 Å². The number of carbonyl (C=O) groups is 1. The van der Waals surface area contributed by atoms with Gasteiger partial charge < -0.3 is 9.72 Å². The van der Waals surface area contributed by atoms with Gasteiger partial charge in [-0.15, -0.1) is 0 Å². The summed E-state index contributed by atoms with van der Waals surface area (Å²) in [6.45, 7) is 6.26. The van der Waals surface area contributed by atoms with E-state index in [4.69, 9.17) is 4.74 Å². The standard InChI is InChI=1S/C19H18N2O2.C2H6.CH4/c1-14-2-8-17(9-3-14)19(22)23-12-16-6-4-15(5-7-16)10-18-11-20-13-21-18;1-2;/h2-9,11,13H,10,12H2,1H3,(H,20,21);1-2H3;1H4. The van der Waals surface area contributed by atoms with Crippen LogP contribution < -0.4 is 0 Å². The molecule has 0 saturated carbocycles. The lowest BCUT2D eigenvalue weighted by Crippen LogP contribution is -2.05. The van der Waals surface area contributed by atoms with Crippen LogP contribution >= 0.6 is 0 Å². The molecule has 2 aromatic carbocycles. The Morgan fingerprint density at radius 1 is 1.00 bits per heavy atom. The van der Waals surface area contributed by atoms with E-state index in [0.29, 0.717) is 5.56 Å². The summed E-state index contributed by atoms with van der Waals surface area (Å²) >= 11 is 0. The van der Waals surface area contributed by atoms with Crippen molar-refractivity contribution in [1.82, 2.24) is 9.97 Å². The maximum Gasteiger partial charge on any atom is 0.338 e. The Bertz CT molecular complexity index is 761. The number of ether oxygens (including phenoxy) is 1. The van der Waals surface area contributed by atoms with Crippen LogP contribution in [0.2, 0.25) is 0 Å². The number of carbonyl (C=O) groups excluding carboxylic acids is 1. The van der Waals surface area contributed by atoms with E-state index in [1.54, 1.807) is 18.5 Å². The van der Waals surface area contributed by atoms with Crippen LogP contribution in [-0.4, -0.2) is 15.9 Å². The normalized spacial score (nSPS) is 9.50. The Balaban J connectivity index is 0.00000109. The van der Waals surface area contributed by atoms with Crippen molar-refractivity contribution in [2.24, 2.45) is 0 Å². The van der Waals surface area contributed by atoms with E-state index >= 15 is 0 Å². The molecule has 0 unspecified atom stereocenters. The first-order valence-corrected chi connectivity index (χ1v) is 8.49. The number of rotatable bonds is 5. The molecule has 26 heavy (non-hydrogen) atoms. The topological polar surface area (TPSA) is 55.0 Å². The van der Waals surface area contributed by atoms with Gasteiger partial charge in [-0.3, -0.25) is 0 Å². The number of aromatic amines is 1. The van der Waals surface area contributed by atoms with Crippen LogP contribution in [0.5, 0.6) is 0 Å². The average Bonchev–Trinajstić information content (AvgIpc) is 3.16. The Morgan fingerprint density at radius 3 is 2.19 bits per heavy atom. The predicted octanol–water partition coefficient (Wildman–Crippen LogP) is 5.33. The van der Waals surface area contributed by atoms with Gasteiger partial charge in [0.15, 0.2) is 0 Å². The van der Waals surface area contributed by atoms with E-state index in [9.17, 15) is 4.79 Å². The molecule has 0 aliphatic heterocycles. The van der Waals surface area contributed by atoms with Gasteiger partial charge in [0.2, 0.25) is 0 Å². The molecular weight excluding hydrogens is 324 g/mol. The van der Waals surface area contributed by atoms with Gasteiger partial charge in [-0.25, -0.2) is 9.78 Å². The van der Waals surface area contributed by atoms with Crippen LogP contribution in [0.3, 0.4) is 0 Å². The van der Waals surface area contributed by atoms with Crippen molar-refractivity contribution in [2.75, 3.05) is 0 Å². The highest BCUT2D eigenvalue weighted by Gasteiger charge is 2.07. The lowest BCUT2D eigenvalue weighted by atomic mass is 10.1. The van der Waals surface area contributed by atoms with Crippen LogP contribution in [0.25, 0.3) is 0 Å². The molecule has 3 aromatic rings. The highest BCUT2D eigenvalue weighted by molar-refractivity contribution is 5.89. The average molecular weight is 352 g/mol. The molecule has 0 amide bonds. The Labute approximate surface area is 156 Å². The summed E-state index contributed by atoms with van der Waals surface area (Å²) < 4.78 is 5.34. The van der Waals surface area contributed by atoms with Gasteiger partial charge in [0, 0.05) is 18.3 Å². The molecule has 0 atom stereocenters. The zero-order valence-electron chi connectivity index (χ0n) is 15.0. The highest BCUT2D eigenvalue weighted by atomic mass is 16.5. The third-order valence-corrected chi connectivity index (χ3v) is 3.63. The van der Waals surface area contributed by atoms with Crippen LogP contribution in [0, 0.1) is 6.92 Å². The van der Waals surface area contributed by atoms with Gasteiger partial charge in [-0.2, -0.15) is 0 Å². The number of aryl methyl sites for hydroxylation is 1. The van der Waals surface area contributed by atoms with Crippen LogP contribution in [-0.2, 0) is 17.8 Å². The van der Waals surface area contributed by atoms with Crippen molar-refractivity contribution >= 4 is 5.97 Å². The molecule has 0 radical (unpaired) electrons. The molecule has 138 valence electrons. The number of nitrogens with one attached hydrogen (secondary N) is 1. The summed E-state index contributed by atoms with van der Waals surface area (Å²) in [6.07, 6.45) is 4.30. The number of hydrogen-bond acceptors (Lipinski definition) is 3. The molecule has 0 aliphatic carbocycles. The van der Waals surface area contributed by atoms with Gasteiger partial charge in [0.05, 0.1) is 11.9 Å². The van der Waals surface area contributed by atoms with Gasteiger partial charge in [0.25, 0.3) is 0 Å². The number of H-pyrrole nitrogens is 1. The quantitative estimate of drug-likeness (QED) is 0.632. The van der Waals surface area contributed by atoms with Crippen molar-refractivity contribution in [3.05, 3.63) is 89.0 Å². The fraction of sp³-hybridized carbons (Fsp3) is 0.273. The largest absolute Gasteiger partial charge is 0.457 e. The molecule has 0 bridgehead atoms. The minimum absolute atomic E-state index is 0. The molecule has 0 saturated heterocycles. The van der Waals surface area contributed by atoms with Crippen LogP contribution in [0.1, 0.15) is 54.0 Å². The zero-order chi connectivity index (χ0) is 18.1. The molecule has 1 N–H and O–H groups in total. The number of imidazole rings is 1. The maximum absolute atomic E-state index is 12.0. The van der Waals surface area contributed by atoms with Crippen LogP contribution in [0.15, 0.2) is 61.1 Å². The van der Waals surface area contributed by atoms with E-state index in [2.05, 4.69) is 9.97 Å². The summed E-state index contributed by atoms with van der Waals surface area (Å²) in [5.41, 5.74) is 4.92.